The van der Waals surface area contributed by atoms with E-state index in [1.807, 2.05) is 18.2 Å². The topological polar surface area (TPSA) is 58.6 Å². The summed E-state index contributed by atoms with van der Waals surface area (Å²) in [5, 5.41) is 3.18. The molecule has 4 saturated carbocycles. The summed E-state index contributed by atoms with van der Waals surface area (Å²) < 4.78 is 5.53. The fraction of sp³-hybridized carbons (Fsp3) is 0.636. The van der Waals surface area contributed by atoms with Crippen LogP contribution in [0.4, 0.5) is 11.4 Å². The molecule has 0 spiro atoms. The third kappa shape index (κ3) is 2.82. The predicted octanol–water partition coefficient (Wildman–Crippen LogP) is 3.98. The highest BCUT2D eigenvalue weighted by Crippen LogP contribution is 2.60. The molecule has 5 nitrogen and oxygen atoms in total. The van der Waals surface area contributed by atoms with Crippen molar-refractivity contribution in [2.45, 2.75) is 51.4 Å². The van der Waals surface area contributed by atoms with Gasteiger partial charge in [-0.1, -0.05) is 0 Å². The van der Waals surface area contributed by atoms with E-state index in [4.69, 9.17) is 4.74 Å². The Balaban J connectivity index is 1.36. The Morgan fingerprint density at radius 1 is 1.15 bits per heavy atom. The van der Waals surface area contributed by atoms with Gasteiger partial charge in [0.1, 0.15) is 5.75 Å². The van der Waals surface area contributed by atoms with E-state index >= 15 is 0 Å². The molecule has 0 radical (unpaired) electrons. The normalized spacial score (nSPS) is 34.2. The standard InChI is InChI=1S/C22H28N2O3/c1-27-19-10-17(4-5-18(19)24-6-2-3-20(24)25)23-21(26)22-11-14-7-15(12-22)9-16(8-14)13-22/h4-5,10,14-16H,2-3,6-9,11-13H2,1H3,(H,23,26). The Morgan fingerprint density at radius 3 is 2.37 bits per heavy atom. The van der Waals surface area contributed by atoms with Gasteiger partial charge in [0, 0.05) is 24.7 Å². The van der Waals surface area contributed by atoms with E-state index in [1.165, 1.54) is 19.3 Å². The monoisotopic (exact) mass is 368 g/mol. The zero-order valence-corrected chi connectivity index (χ0v) is 16.0. The van der Waals surface area contributed by atoms with Crippen LogP contribution in [0.15, 0.2) is 18.2 Å². The van der Waals surface area contributed by atoms with Crippen LogP contribution in [0.3, 0.4) is 0 Å². The lowest BCUT2D eigenvalue weighted by atomic mass is 9.49. The van der Waals surface area contributed by atoms with Crippen LogP contribution < -0.4 is 15.0 Å². The van der Waals surface area contributed by atoms with Gasteiger partial charge in [-0.2, -0.15) is 0 Å². The summed E-state index contributed by atoms with van der Waals surface area (Å²) in [5.41, 5.74) is 1.40. The van der Waals surface area contributed by atoms with Gasteiger partial charge in [-0.25, -0.2) is 0 Å². The van der Waals surface area contributed by atoms with Crippen molar-refractivity contribution < 1.29 is 14.3 Å². The van der Waals surface area contributed by atoms with Crippen molar-refractivity contribution in [3.63, 3.8) is 0 Å². The first-order valence-corrected chi connectivity index (χ1v) is 10.4. The van der Waals surface area contributed by atoms with Gasteiger partial charge in [0.15, 0.2) is 0 Å². The molecular weight excluding hydrogens is 340 g/mol. The number of rotatable bonds is 4. The first-order chi connectivity index (χ1) is 13.1. The molecule has 0 unspecified atom stereocenters. The number of hydrogen-bond acceptors (Lipinski definition) is 3. The summed E-state index contributed by atoms with van der Waals surface area (Å²) in [6.07, 6.45) is 8.64. The average molecular weight is 368 g/mol. The minimum atomic E-state index is -0.161. The first-order valence-electron chi connectivity index (χ1n) is 10.4. The van der Waals surface area contributed by atoms with Crippen molar-refractivity contribution in [3.8, 4) is 5.75 Å². The van der Waals surface area contributed by atoms with Gasteiger partial charge in [0.25, 0.3) is 0 Å². The molecule has 1 aromatic rings. The maximum absolute atomic E-state index is 13.2. The van der Waals surface area contributed by atoms with E-state index in [9.17, 15) is 9.59 Å². The van der Waals surface area contributed by atoms with E-state index in [2.05, 4.69) is 5.32 Å². The van der Waals surface area contributed by atoms with Gasteiger partial charge in [0.2, 0.25) is 11.8 Å². The molecule has 4 bridgehead atoms. The summed E-state index contributed by atoms with van der Waals surface area (Å²) in [6.45, 7) is 0.730. The highest BCUT2D eigenvalue weighted by molar-refractivity contribution is 5.99. The highest BCUT2D eigenvalue weighted by atomic mass is 16.5. The minimum Gasteiger partial charge on any atom is -0.494 e. The van der Waals surface area contributed by atoms with Crippen LogP contribution in [0, 0.1) is 23.2 Å². The summed E-state index contributed by atoms with van der Waals surface area (Å²) >= 11 is 0. The quantitative estimate of drug-likeness (QED) is 0.875. The van der Waals surface area contributed by atoms with Crippen LogP contribution in [0.25, 0.3) is 0 Å². The molecule has 1 saturated heterocycles. The number of nitrogens with zero attached hydrogens (tertiary/aromatic N) is 1. The number of carbonyl (C=O) groups is 2. The van der Waals surface area contributed by atoms with Crippen molar-refractivity contribution in [1.82, 2.24) is 0 Å². The highest BCUT2D eigenvalue weighted by Gasteiger charge is 2.54. The lowest BCUT2D eigenvalue weighted by Crippen LogP contribution is -2.51. The van der Waals surface area contributed by atoms with Gasteiger partial charge in [-0.05, 0) is 74.8 Å². The van der Waals surface area contributed by atoms with Crippen molar-refractivity contribution in [3.05, 3.63) is 18.2 Å². The van der Waals surface area contributed by atoms with Crippen molar-refractivity contribution in [2.24, 2.45) is 23.2 Å². The Kier molecular flexibility index (Phi) is 3.95. The van der Waals surface area contributed by atoms with Crippen molar-refractivity contribution in [2.75, 3.05) is 23.9 Å². The zero-order valence-electron chi connectivity index (χ0n) is 16.0. The number of carbonyl (C=O) groups excluding carboxylic acids is 2. The Labute approximate surface area is 160 Å². The van der Waals surface area contributed by atoms with Crippen LogP contribution in [0.2, 0.25) is 0 Å². The second kappa shape index (κ2) is 6.25. The maximum Gasteiger partial charge on any atom is 0.230 e. The molecule has 27 heavy (non-hydrogen) atoms. The van der Waals surface area contributed by atoms with Crippen LogP contribution in [0.1, 0.15) is 51.4 Å². The Bertz CT molecular complexity index is 752. The molecule has 144 valence electrons. The summed E-state index contributed by atoms with van der Waals surface area (Å²) in [6, 6.07) is 5.67. The third-order valence-electron chi connectivity index (χ3n) is 7.32. The van der Waals surface area contributed by atoms with Crippen LogP contribution in [-0.4, -0.2) is 25.5 Å². The zero-order chi connectivity index (χ0) is 18.6. The molecule has 1 aromatic carbocycles. The van der Waals surface area contributed by atoms with Gasteiger partial charge in [0.05, 0.1) is 18.2 Å². The molecular formula is C22H28N2O3. The van der Waals surface area contributed by atoms with Gasteiger partial charge in [-0.3, -0.25) is 9.59 Å². The summed E-state index contributed by atoms with van der Waals surface area (Å²) in [5.74, 6) is 3.22. The largest absolute Gasteiger partial charge is 0.494 e. The van der Waals surface area contributed by atoms with Crippen molar-refractivity contribution in [1.29, 1.82) is 0 Å². The minimum absolute atomic E-state index is 0.138. The van der Waals surface area contributed by atoms with E-state index in [1.54, 1.807) is 12.0 Å². The Morgan fingerprint density at radius 2 is 1.81 bits per heavy atom. The van der Waals surface area contributed by atoms with Gasteiger partial charge >= 0.3 is 0 Å². The molecule has 5 aliphatic rings. The average Bonchev–Trinajstić information content (AvgIpc) is 3.06. The number of anilines is 2. The molecule has 1 N–H and O–H groups in total. The molecule has 6 rings (SSSR count). The molecule has 1 aliphatic heterocycles. The second-order valence-electron chi connectivity index (χ2n) is 9.19. The lowest BCUT2D eigenvalue weighted by Gasteiger charge is -2.55. The molecule has 2 amide bonds. The first kappa shape index (κ1) is 17.1. The number of hydrogen-bond donors (Lipinski definition) is 1. The van der Waals surface area contributed by atoms with Crippen LogP contribution in [-0.2, 0) is 9.59 Å². The van der Waals surface area contributed by atoms with Gasteiger partial charge < -0.3 is 15.0 Å². The number of ether oxygens (including phenoxy) is 1. The van der Waals surface area contributed by atoms with E-state index in [-0.39, 0.29) is 17.2 Å². The third-order valence-corrected chi connectivity index (χ3v) is 7.32. The Hall–Kier alpha value is -2.04. The van der Waals surface area contributed by atoms with Crippen molar-refractivity contribution >= 4 is 23.2 Å². The summed E-state index contributed by atoms with van der Waals surface area (Å²) in [7, 11) is 1.62. The van der Waals surface area contributed by atoms with E-state index in [0.29, 0.717) is 12.2 Å². The number of amides is 2. The fourth-order valence-corrected chi connectivity index (χ4v) is 6.53. The molecule has 0 aromatic heterocycles. The smallest absolute Gasteiger partial charge is 0.230 e. The molecule has 5 heteroatoms. The van der Waals surface area contributed by atoms with Gasteiger partial charge in [-0.15, -0.1) is 0 Å². The summed E-state index contributed by atoms with van der Waals surface area (Å²) in [4.78, 5) is 27.1. The van der Waals surface area contributed by atoms with Crippen LogP contribution in [0.5, 0.6) is 5.75 Å². The van der Waals surface area contributed by atoms with E-state index < -0.39 is 0 Å². The molecule has 1 heterocycles. The van der Waals surface area contributed by atoms with E-state index in [0.717, 1.165) is 61.4 Å². The molecule has 5 fully saturated rings. The number of benzene rings is 1. The number of methoxy groups -OCH3 is 1. The molecule has 4 aliphatic carbocycles. The molecule has 0 atom stereocenters. The second-order valence-corrected chi connectivity index (χ2v) is 9.19. The van der Waals surface area contributed by atoms with Crippen LogP contribution >= 0.6 is 0 Å². The predicted molar refractivity (Wildman–Crippen MR) is 104 cm³/mol. The lowest BCUT2D eigenvalue weighted by molar-refractivity contribution is -0.140. The SMILES string of the molecule is COc1cc(NC(=O)C23CC4CC(CC(C4)C2)C3)ccc1N1CCCC1=O. The number of nitrogens with one attached hydrogen (secondary N) is 1. The maximum atomic E-state index is 13.2. The fourth-order valence-electron chi connectivity index (χ4n) is 6.53.